The van der Waals surface area contributed by atoms with Crippen molar-refractivity contribution < 1.29 is 4.79 Å². The highest BCUT2D eigenvalue weighted by atomic mass is 16.2. The third kappa shape index (κ3) is 3.86. The molecule has 0 aromatic heterocycles. The molecule has 1 aromatic carbocycles. The van der Waals surface area contributed by atoms with Crippen LogP contribution in [0.5, 0.6) is 0 Å². The minimum Gasteiger partial charge on any atom is -0.349 e. The molecule has 1 amide bonds. The van der Waals surface area contributed by atoms with Gasteiger partial charge < -0.3 is 11.1 Å². The van der Waals surface area contributed by atoms with Crippen LogP contribution in [0.15, 0.2) is 24.3 Å². The van der Waals surface area contributed by atoms with Crippen molar-refractivity contribution in [1.82, 2.24) is 5.32 Å². The third-order valence-electron chi connectivity index (χ3n) is 4.32. The number of nitrogens with two attached hydrogens (primary N) is 1. The van der Waals surface area contributed by atoms with E-state index in [1.807, 2.05) is 31.2 Å². The lowest BCUT2D eigenvalue weighted by molar-refractivity contribution is -0.130. The zero-order valence-corrected chi connectivity index (χ0v) is 12.9. The number of hydrogen-bond acceptors (Lipinski definition) is 2. The van der Waals surface area contributed by atoms with Gasteiger partial charge in [0.25, 0.3) is 0 Å². The molecule has 3 nitrogen and oxygen atoms in total. The van der Waals surface area contributed by atoms with Gasteiger partial charge in [0, 0.05) is 11.0 Å². The van der Waals surface area contributed by atoms with E-state index < -0.39 is 0 Å². The molecule has 1 unspecified atom stereocenters. The topological polar surface area (TPSA) is 55.1 Å². The quantitative estimate of drug-likeness (QED) is 0.839. The lowest BCUT2D eigenvalue weighted by Gasteiger charge is -2.25. The zero-order valence-electron chi connectivity index (χ0n) is 12.9. The molecule has 112 valence electrons. The predicted molar refractivity (Wildman–Crippen MR) is 85.5 cm³/mol. The Kier molecular flexibility index (Phi) is 5.03. The minimum atomic E-state index is -0.189. The van der Waals surface area contributed by atoms with Crippen LogP contribution in [-0.4, -0.2) is 12.5 Å². The number of nitrogens with one attached hydrogen (secondary N) is 1. The molecule has 1 saturated carbocycles. The first-order valence-corrected chi connectivity index (χ1v) is 7.65. The largest absolute Gasteiger partial charge is 0.349 e. The standard InChI is InChI=1S/C18H24N2O/c1-14(20-17(21)18(2)10-3-4-11-18)16-9-5-7-15(13-16)8-6-12-19/h5,7,9,13-14H,3-4,10-12,19H2,1-2H3,(H,20,21). The number of carbonyl (C=O) groups excluding carboxylic acids is 1. The summed E-state index contributed by atoms with van der Waals surface area (Å²) in [5.41, 5.74) is 7.22. The summed E-state index contributed by atoms with van der Waals surface area (Å²) >= 11 is 0. The molecule has 1 atom stereocenters. The lowest BCUT2D eigenvalue weighted by Crippen LogP contribution is -2.38. The first-order valence-electron chi connectivity index (χ1n) is 7.65. The second-order valence-corrected chi connectivity index (χ2v) is 6.09. The summed E-state index contributed by atoms with van der Waals surface area (Å²) in [4.78, 5) is 12.5. The second kappa shape index (κ2) is 6.78. The molecular formula is C18H24N2O. The summed E-state index contributed by atoms with van der Waals surface area (Å²) < 4.78 is 0. The van der Waals surface area contributed by atoms with E-state index in [2.05, 4.69) is 24.1 Å². The highest BCUT2D eigenvalue weighted by Gasteiger charge is 2.36. The van der Waals surface area contributed by atoms with Gasteiger partial charge in [-0.25, -0.2) is 0 Å². The van der Waals surface area contributed by atoms with Gasteiger partial charge in [0.05, 0.1) is 12.6 Å². The second-order valence-electron chi connectivity index (χ2n) is 6.09. The van der Waals surface area contributed by atoms with Crippen LogP contribution in [-0.2, 0) is 4.79 Å². The first kappa shape index (κ1) is 15.6. The Balaban J connectivity index is 2.06. The SMILES string of the molecule is CC(NC(=O)C1(C)CCCC1)c1cccc(C#CCN)c1. The molecule has 0 aliphatic heterocycles. The smallest absolute Gasteiger partial charge is 0.226 e. The molecule has 0 spiro atoms. The summed E-state index contributed by atoms with van der Waals surface area (Å²) in [6.45, 7) is 4.45. The van der Waals surface area contributed by atoms with Crippen LogP contribution in [0, 0.1) is 17.3 Å². The molecule has 1 aromatic rings. The molecule has 1 fully saturated rings. The van der Waals surface area contributed by atoms with Crippen LogP contribution < -0.4 is 11.1 Å². The Morgan fingerprint density at radius 3 is 2.81 bits per heavy atom. The van der Waals surface area contributed by atoms with E-state index in [4.69, 9.17) is 5.73 Å². The molecule has 0 saturated heterocycles. The van der Waals surface area contributed by atoms with Crippen LogP contribution in [0.2, 0.25) is 0 Å². The van der Waals surface area contributed by atoms with Crippen molar-refractivity contribution in [3.8, 4) is 11.8 Å². The van der Waals surface area contributed by atoms with Crippen molar-refractivity contribution in [2.75, 3.05) is 6.54 Å². The summed E-state index contributed by atoms with van der Waals surface area (Å²) in [5.74, 6) is 6.05. The van der Waals surface area contributed by atoms with Gasteiger partial charge in [0.2, 0.25) is 5.91 Å². The molecule has 1 aliphatic carbocycles. The molecular weight excluding hydrogens is 260 g/mol. The molecule has 0 radical (unpaired) electrons. The van der Waals surface area contributed by atoms with Crippen molar-refractivity contribution >= 4 is 5.91 Å². The van der Waals surface area contributed by atoms with Crippen LogP contribution in [0.3, 0.4) is 0 Å². The first-order chi connectivity index (χ1) is 10.0. The number of benzene rings is 1. The molecule has 1 aliphatic rings. The maximum Gasteiger partial charge on any atom is 0.226 e. The molecule has 0 heterocycles. The van der Waals surface area contributed by atoms with Crippen molar-refractivity contribution in [2.45, 2.75) is 45.6 Å². The number of hydrogen-bond donors (Lipinski definition) is 2. The normalized spacial score (nSPS) is 17.7. The van der Waals surface area contributed by atoms with E-state index >= 15 is 0 Å². The van der Waals surface area contributed by atoms with Gasteiger partial charge in [-0.15, -0.1) is 0 Å². The average molecular weight is 284 g/mol. The van der Waals surface area contributed by atoms with E-state index in [9.17, 15) is 4.79 Å². The summed E-state index contributed by atoms with van der Waals surface area (Å²) in [7, 11) is 0. The number of carbonyl (C=O) groups is 1. The van der Waals surface area contributed by atoms with Gasteiger partial charge in [-0.05, 0) is 37.5 Å². The summed E-state index contributed by atoms with van der Waals surface area (Å²) in [5, 5.41) is 3.15. The molecule has 2 rings (SSSR count). The van der Waals surface area contributed by atoms with E-state index in [-0.39, 0.29) is 17.4 Å². The molecule has 0 bridgehead atoms. The van der Waals surface area contributed by atoms with E-state index in [0.717, 1.165) is 36.8 Å². The Morgan fingerprint density at radius 1 is 1.43 bits per heavy atom. The highest BCUT2D eigenvalue weighted by Crippen LogP contribution is 2.38. The summed E-state index contributed by atoms with van der Waals surface area (Å²) in [6.07, 6.45) is 4.30. The number of rotatable bonds is 3. The van der Waals surface area contributed by atoms with Crippen molar-refractivity contribution in [3.05, 3.63) is 35.4 Å². The van der Waals surface area contributed by atoms with Crippen molar-refractivity contribution in [1.29, 1.82) is 0 Å². The van der Waals surface area contributed by atoms with Crippen LogP contribution in [0.4, 0.5) is 0 Å². The maximum absolute atomic E-state index is 12.5. The van der Waals surface area contributed by atoms with Gasteiger partial charge in [-0.1, -0.05) is 43.7 Å². The molecule has 3 N–H and O–H groups in total. The molecule has 3 heteroatoms. The Morgan fingerprint density at radius 2 is 2.14 bits per heavy atom. The van der Waals surface area contributed by atoms with Crippen LogP contribution in [0.25, 0.3) is 0 Å². The maximum atomic E-state index is 12.5. The minimum absolute atomic E-state index is 0.00504. The predicted octanol–water partition coefficient (Wildman–Crippen LogP) is 2.75. The number of amides is 1. The zero-order chi connectivity index (χ0) is 15.3. The molecule has 21 heavy (non-hydrogen) atoms. The Bertz CT molecular complexity index is 562. The van der Waals surface area contributed by atoms with Gasteiger partial charge in [0.15, 0.2) is 0 Å². The fourth-order valence-electron chi connectivity index (χ4n) is 2.88. The highest BCUT2D eigenvalue weighted by molar-refractivity contribution is 5.82. The van der Waals surface area contributed by atoms with Crippen molar-refractivity contribution in [2.24, 2.45) is 11.1 Å². The van der Waals surface area contributed by atoms with Crippen molar-refractivity contribution in [3.63, 3.8) is 0 Å². The Hall–Kier alpha value is -1.79. The van der Waals surface area contributed by atoms with E-state index in [0.29, 0.717) is 6.54 Å². The van der Waals surface area contributed by atoms with Gasteiger partial charge in [-0.2, -0.15) is 0 Å². The average Bonchev–Trinajstić information content (AvgIpc) is 2.93. The monoisotopic (exact) mass is 284 g/mol. The van der Waals surface area contributed by atoms with Crippen LogP contribution in [0.1, 0.15) is 56.7 Å². The summed E-state index contributed by atoms with van der Waals surface area (Å²) in [6, 6.07) is 7.96. The van der Waals surface area contributed by atoms with Gasteiger partial charge in [-0.3, -0.25) is 4.79 Å². The van der Waals surface area contributed by atoms with Gasteiger partial charge in [0.1, 0.15) is 0 Å². The fourth-order valence-corrected chi connectivity index (χ4v) is 2.88. The lowest BCUT2D eigenvalue weighted by atomic mass is 9.87. The van der Waals surface area contributed by atoms with E-state index in [1.165, 1.54) is 0 Å². The van der Waals surface area contributed by atoms with E-state index in [1.54, 1.807) is 0 Å². The fraction of sp³-hybridized carbons (Fsp3) is 0.500. The Labute approximate surface area is 127 Å². The van der Waals surface area contributed by atoms with Crippen LogP contribution >= 0.6 is 0 Å². The third-order valence-corrected chi connectivity index (χ3v) is 4.32. The van der Waals surface area contributed by atoms with Gasteiger partial charge >= 0.3 is 0 Å².